The second-order valence-electron chi connectivity index (χ2n) is 5.40. The van der Waals surface area contributed by atoms with Gasteiger partial charge in [0.05, 0.1) is 25.6 Å². The molecule has 0 saturated heterocycles. The quantitative estimate of drug-likeness (QED) is 0.692. The Morgan fingerprint density at radius 1 is 1.12 bits per heavy atom. The van der Waals surface area contributed by atoms with Gasteiger partial charge in [0.1, 0.15) is 22.1 Å². The molecule has 0 saturated carbocycles. The number of nitrogens with zero attached hydrogens (tertiary/aromatic N) is 2. The van der Waals surface area contributed by atoms with Gasteiger partial charge in [-0.3, -0.25) is 9.78 Å². The molecule has 7 heteroatoms. The minimum absolute atomic E-state index is 0.237. The maximum atomic E-state index is 12.5. The predicted molar refractivity (Wildman–Crippen MR) is 101 cm³/mol. The average Bonchev–Trinajstić information content (AvgIpc) is 3.16. The van der Waals surface area contributed by atoms with Crippen LogP contribution >= 0.6 is 11.3 Å². The maximum absolute atomic E-state index is 12.5. The molecule has 1 aromatic carbocycles. The van der Waals surface area contributed by atoms with E-state index < -0.39 is 0 Å². The van der Waals surface area contributed by atoms with Crippen LogP contribution in [0.3, 0.4) is 0 Å². The van der Waals surface area contributed by atoms with Crippen molar-refractivity contribution in [3.05, 3.63) is 59.2 Å². The summed E-state index contributed by atoms with van der Waals surface area (Å²) in [4.78, 5) is 21.4. The van der Waals surface area contributed by atoms with Crippen LogP contribution in [-0.2, 0) is 6.42 Å². The van der Waals surface area contributed by atoms with E-state index in [1.165, 1.54) is 14.2 Å². The first kappa shape index (κ1) is 17.9. The van der Waals surface area contributed by atoms with Crippen molar-refractivity contribution in [3.8, 4) is 22.2 Å². The lowest BCUT2D eigenvalue weighted by Crippen LogP contribution is -2.26. The van der Waals surface area contributed by atoms with Crippen molar-refractivity contribution in [2.45, 2.75) is 6.42 Å². The minimum Gasteiger partial charge on any atom is -0.496 e. The van der Waals surface area contributed by atoms with Gasteiger partial charge in [-0.05, 0) is 24.3 Å². The van der Waals surface area contributed by atoms with Crippen LogP contribution < -0.4 is 14.8 Å². The first-order chi connectivity index (χ1) is 12.7. The summed E-state index contributed by atoms with van der Waals surface area (Å²) in [6, 6.07) is 11.0. The van der Waals surface area contributed by atoms with Gasteiger partial charge in [-0.15, -0.1) is 11.3 Å². The van der Waals surface area contributed by atoms with E-state index in [9.17, 15) is 4.79 Å². The van der Waals surface area contributed by atoms with Gasteiger partial charge in [-0.2, -0.15) is 0 Å². The number of amides is 1. The summed E-state index contributed by atoms with van der Waals surface area (Å²) >= 11 is 1.54. The Kier molecular flexibility index (Phi) is 5.80. The maximum Gasteiger partial charge on any atom is 0.258 e. The van der Waals surface area contributed by atoms with Crippen molar-refractivity contribution >= 4 is 17.2 Å². The molecular weight excluding hydrogens is 350 g/mol. The molecule has 0 bridgehead atoms. The number of nitrogens with one attached hydrogen (secondary N) is 1. The van der Waals surface area contributed by atoms with Crippen LogP contribution in [0, 0.1) is 0 Å². The highest BCUT2D eigenvalue weighted by Crippen LogP contribution is 2.28. The van der Waals surface area contributed by atoms with Crippen molar-refractivity contribution in [3.63, 3.8) is 0 Å². The van der Waals surface area contributed by atoms with Crippen molar-refractivity contribution in [1.82, 2.24) is 15.3 Å². The first-order valence-corrected chi connectivity index (χ1v) is 8.96. The molecule has 0 aliphatic rings. The van der Waals surface area contributed by atoms with Crippen LogP contribution in [0.2, 0.25) is 0 Å². The molecule has 0 unspecified atom stereocenters. The zero-order valence-electron chi connectivity index (χ0n) is 14.6. The lowest BCUT2D eigenvalue weighted by atomic mass is 10.1. The van der Waals surface area contributed by atoms with E-state index >= 15 is 0 Å². The van der Waals surface area contributed by atoms with Gasteiger partial charge in [0.15, 0.2) is 0 Å². The van der Waals surface area contributed by atoms with Gasteiger partial charge in [-0.1, -0.05) is 12.1 Å². The molecule has 2 aromatic heterocycles. The van der Waals surface area contributed by atoms with E-state index in [0.717, 1.165) is 16.4 Å². The van der Waals surface area contributed by atoms with Gasteiger partial charge in [0, 0.05) is 24.5 Å². The highest BCUT2D eigenvalue weighted by atomic mass is 32.1. The van der Waals surface area contributed by atoms with Crippen LogP contribution in [0.25, 0.3) is 10.7 Å². The summed E-state index contributed by atoms with van der Waals surface area (Å²) in [5, 5.41) is 5.76. The Labute approximate surface area is 155 Å². The second-order valence-corrected chi connectivity index (χ2v) is 6.26. The van der Waals surface area contributed by atoms with Gasteiger partial charge >= 0.3 is 0 Å². The van der Waals surface area contributed by atoms with Crippen LogP contribution in [-0.4, -0.2) is 36.6 Å². The van der Waals surface area contributed by atoms with Crippen LogP contribution in [0.4, 0.5) is 0 Å². The number of aromatic nitrogens is 2. The molecule has 3 aromatic rings. The smallest absolute Gasteiger partial charge is 0.258 e. The number of carbonyl (C=O) groups is 1. The molecule has 0 aliphatic heterocycles. The lowest BCUT2D eigenvalue weighted by molar-refractivity contribution is 0.0948. The summed E-state index contributed by atoms with van der Waals surface area (Å²) in [5.41, 5.74) is 2.17. The number of thiazole rings is 1. The topological polar surface area (TPSA) is 73.3 Å². The average molecular weight is 369 g/mol. The van der Waals surface area contributed by atoms with Gasteiger partial charge in [0.25, 0.3) is 5.91 Å². The van der Waals surface area contributed by atoms with Crippen molar-refractivity contribution in [1.29, 1.82) is 0 Å². The third-order valence-electron chi connectivity index (χ3n) is 3.76. The normalized spacial score (nSPS) is 10.4. The SMILES string of the molecule is COc1cccc(OC)c1C(=O)NCCc1csc(-c2ccccn2)n1. The zero-order valence-corrected chi connectivity index (χ0v) is 15.4. The molecule has 0 spiro atoms. The predicted octanol–water partition coefficient (Wildman–Crippen LogP) is 3.19. The van der Waals surface area contributed by atoms with E-state index in [0.29, 0.717) is 30.0 Å². The highest BCUT2D eigenvalue weighted by Gasteiger charge is 2.17. The van der Waals surface area contributed by atoms with Gasteiger partial charge < -0.3 is 14.8 Å². The summed E-state index contributed by atoms with van der Waals surface area (Å²) in [7, 11) is 3.06. The number of carbonyl (C=O) groups excluding carboxylic acids is 1. The third-order valence-corrected chi connectivity index (χ3v) is 4.67. The molecule has 0 aliphatic carbocycles. The van der Waals surface area contributed by atoms with Gasteiger partial charge in [-0.25, -0.2) is 4.98 Å². The zero-order chi connectivity index (χ0) is 18.4. The van der Waals surface area contributed by atoms with Crippen molar-refractivity contribution in [2.24, 2.45) is 0 Å². The second kappa shape index (κ2) is 8.44. The Balaban J connectivity index is 1.62. The fourth-order valence-corrected chi connectivity index (χ4v) is 3.33. The molecule has 0 radical (unpaired) electrons. The van der Waals surface area contributed by atoms with Crippen LogP contribution in [0.5, 0.6) is 11.5 Å². The minimum atomic E-state index is -0.237. The number of hydrogen-bond acceptors (Lipinski definition) is 6. The van der Waals surface area contributed by atoms with Crippen LogP contribution in [0.15, 0.2) is 48.0 Å². The fourth-order valence-electron chi connectivity index (χ4n) is 2.50. The molecule has 1 amide bonds. The molecule has 6 nitrogen and oxygen atoms in total. The number of methoxy groups -OCH3 is 2. The molecule has 26 heavy (non-hydrogen) atoms. The summed E-state index contributed by atoms with van der Waals surface area (Å²) in [6.07, 6.45) is 2.38. The van der Waals surface area contributed by atoms with Crippen molar-refractivity contribution < 1.29 is 14.3 Å². The van der Waals surface area contributed by atoms with E-state index in [1.54, 1.807) is 35.7 Å². The Morgan fingerprint density at radius 3 is 2.54 bits per heavy atom. The third kappa shape index (κ3) is 4.00. The molecule has 3 rings (SSSR count). The summed E-state index contributed by atoms with van der Waals surface area (Å²) in [6.45, 7) is 0.464. The Morgan fingerprint density at radius 2 is 1.88 bits per heavy atom. The number of benzene rings is 1. The summed E-state index contributed by atoms with van der Waals surface area (Å²) in [5.74, 6) is 0.723. The van der Waals surface area contributed by atoms with E-state index in [-0.39, 0.29) is 5.91 Å². The lowest BCUT2D eigenvalue weighted by Gasteiger charge is -2.12. The molecule has 0 atom stereocenters. The van der Waals surface area contributed by atoms with E-state index in [4.69, 9.17) is 9.47 Å². The highest BCUT2D eigenvalue weighted by molar-refractivity contribution is 7.13. The Hall–Kier alpha value is -2.93. The Bertz CT molecular complexity index is 858. The number of pyridine rings is 1. The number of ether oxygens (including phenoxy) is 2. The monoisotopic (exact) mass is 369 g/mol. The molecule has 0 fully saturated rings. The first-order valence-electron chi connectivity index (χ1n) is 8.08. The van der Waals surface area contributed by atoms with Crippen LogP contribution in [0.1, 0.15) is 16.1 Å². The largest absolute Gasteiger partial charge is 0.496 e. The van der Waals surface area contributed by atoms with Gasteiger partial charge in [0.2, 0.25) is 0 Å². The molecular formula is C19H19N3O3S. The molecule has 2 heterocycles. The number of rotatable bonds is 7. The van der Waals surface area contributed by atoms with E-state index in [2.05, 4.69) is 15.3 Å². The number of hydrogen-bond donors (Lipinski definition) is 1. The summed E-state index contributed by atoms with van der Waals surface area (Å²) < 4.78 is 10.5. The molecule has 134 valence electrons. The molecule has 1 N–H and O–H groups in total. The fraction of sp³-hybridized carbons (Fsp3) is 0.211. The van der Waals surface area contributed by atoms with E-state index in [1.807, 2.05) is 23.6 Å². The van der Waals surface area contributed by atoms with Crippen molar-refractivity contribution in [2.75, 3.05) is 20.8 Å². The standard InChI is InChI=1S/C19H19N3O3S/c1-24-15-7-5-8-16(25-2)17(15)18(23)21-11-9-13-12-26-19(22-13)14-6-3-4-10-20-14/h3-8,10,12H,9,11H2,1-2H3,(H,21,23).